The van der Waals surface area contributed by atoms with Crippen molar-refractivity contribution < 1.29 is 23.4 Å². The van der Waals surface area contributed by atoms with E-state index in [1.165, 1.54) is 36.4 Å². The van der Waals surface area contributed by atoms with Crippen molar-refractivity contribution in [1.29, 1.82) is 0 Å². The van der Waals surface area contributed by atoms with Crippen LogP contribution < -0.4 is 5.63 Å². The summed E-state index contributed by atoms with van der Waals surface area (Å²) >= 11 is 3.10. The summed E-state index contributed by atoms with van der Waals surface area (Å²) in [7, 11) is 0. The molecule has 7 heteroatoms. The van der Waals surface area contributed by atoms with Crippen LogP contribution in [0.3, 0.4) is 0 Å². The van der Waals surface area contributed by atoms with Crippen LogP contribution in [0.5, 0.6) is 5.75 Å². The smallest absolute Gasteiger partial charge is 0.341 e. The molecule has 3 aromatic rings. The number of carbonyl (C=O) groups is 1. The Bertz CT molecular complexity index is 996. The molecule has 3 rings (SSSR count). The third-order valence-corrected chi connectivity index (χ3v) is 3.82. The summed E-state index contributed by atoms with van der Waals surface area (Å²) in [6.45, 7) is -0.235. The SMILES string of the molecule is O=C(OCc1cc(=O)oc2cc(O)ccc12)c1ccc(Br)cc1F. The first-order chi connectivity index (χ1) is 11.4. The highest BCUT2D eigenvalue weighted by Gasteiger charge is 2.15. The Hall–Kier alpha value is -2.67. The number of aromatic hydroxyl groups is 1. The molecule has 0 fully saturated rings. The summed E-state index contributed by atoms with van der Waals surface area (Å²) in [6.07, 6.45) is 0. The summed E-state index contributed by atoms with van der Waals surface area (Å²) < 4.78 is 24.3. The predicted molar refractivity (Wildman–Crippen MR) is 87.4 cm³/mol. The fourth-order valence-corrected chi connectivity index (χ4v) is 2.55. The molecule has 24 heavy (non-hydrogen) atoms. The molecular formula is C17H10BrFO5. The van der Waals surface area contributed by atoms with E-state index in [-0.39, 0.29) is 23.5 Å². The van der Waals surface area contributed by atoms with Gasteiger partial charge in [0.2, 0.25) is 0 Å². The number of benzene rings is 2. The van der Waals surface area contributed by atoms with Crippen molar-refractivity contribution in [3.05, 3.63) is 74.3 Å². The summed E-state index contributed by atoms with van der Waals surface area (Å²) in [4.78, 5) is 23.6. The summed E-state index contributed by atoms with van der Waals surface area (Å²) in [5.74, 6) is -1.62. The molecule has 1 N–H and O–H groups in total. The van der Waals surface area contributed by atoms with Crippen molar-refractivity contribution in [3.8, 4) is 5.75 Å². The Morgan fingerprint density at radius 1 is 1.21 bits per heavy atom. The van der Waals surface area contributed by atoms with Crippen molar-refractivity contribution in [3.63, 3.8) is 0 Å². The van der Waals surface area contributed by atoms with E-state index in [9.17, 15) is 19.1 Å². The topological polar surface area (TPSA) is 76.7 Å². The van der Waals surface area contributed by atoms with Gasteiger partial charge in [-0.2, -0.15) is 0 Å². The number of esters is 1. The second-order valence-corrected chi connectivity index (χ2v) is 5.89. The lowest BCUT2D eigenvalue weighted by Gasteiger charge is -2.08. The average molecular weight is 393 g/mol. The van der Waals surface area contributed by atoms with Gasteiger partial charge in [-0.1, -0.05) is 15.9 Å². The number of hydrogen-bond acceptors (Lipinski definition) is 5. The lowest BCUT2D eigenvalue weighted by atomic mass is 10.1. The molecule has 0 atom stereocenters. The van der Waals surface area contributed by atoms with Crippen LogP contribution in [-0.4, -0.2) is 11.1 Å². The third-order valence-electron chi connectivity index (χ3n) is 3.32. The molecule has 0 aliphatic rings. The minimum absolute atomic E-state index is 0.0586. The number of hydrogen-bond donors (Lipinski definition) is 1. The van der Waals surface area contributed by atoms with Crippen molar-refractivity contribution in [2.24, 2.45) is 0 Å². The molecule has 0 bridgehead atoms. The fourth-order valence-electron chi connectivity index (χ4n) is 2.21. The number of halogens is 2. The van der Waals surface area contributed by atoms with Crippen molar-refractivity contribution in [1.82, 2.24) is 0 Å². The number of carbonyl (C=O) groups excluding carboxylic acids is 1. The van der Waals surface area contributed by atoms with Gasteiger partial charge in [-0.05, 0) is 30.3 Å². The van der Waals surface area contributed by atoms with E-state index in [2.05, 4.69) is 15.9 Å². The molecule has 0 amide bonds. The van der Waals surface area contributed by atoms with Crippen LogP contribution >= 0.6 is 15.9 Å². The first kappa shape index (κ1) is 16.2. The van der Waals surface area contributed by atoms with Crippen LogP contribution in [0.25, 0.3) is 11.0 Å². The van der Waals surface area contributed by atoms with E-state index < -0.39 is 17.4 Å². The second kappa shape index (κ2) is 6.45. The molecule has 2 aromatic carbocycles. The van der Waals surface area contributed by atoms with Gasteiger partial charge in [0.1, 0.15) is 23.8 Å². The summed E-state index contributed by atoms with van der Waals surface area (Å²) in [5.41, 5.74) is -0.285. The first-order valence-electron chi connectivity index (χ1n) is 6.82. The zero-order valence-electron chi connectivity index (χ0n) is 12.1. The van der Waals surface area contributed by atoms with Gasteiger partial charge in [-0.25, -0.2) is 14.0 Å². The number of fused-ring (bicyclic) bond motifs is 1. The van der Waals surface area contributed by atoms with E-state index in [0.29, 0.717) is 15.4 Å². The lowest BCUT2D eigenvalue weighted by Crippen LogP contribution is -2.09. The highest BCUT2D eigenvalue weighted by atomic mass is 79.9. The number of phenolic OH excluding ortho intramolecular Hbond substituents is 1. The van der Waals surface area contributed by atoms with E-state index >= 15 is 0 Å². The molecule has 122 valence electrons. The second-order valence-electron chi connectivity index (χ2n) is 4.97. The number of rotatable bonds is 3. The van der Waals surface area contributed by atoms with E-state index in [0.717, 1.165) is 6.07 Å². The highest BCUT2D eigenvalue weighted by molar-refractivity contribution is 9.10. The van der Waals surface area contributed by atoms with Crippen LogP contribution in [0.1, 0.15) is 15.9 Å². The monoisotopic (exact) mass is 392 g/mol. The minimum Gasteiger partial charge on any atom is -0.508 e. The van der Waals surface area contributed by atoms with E-state index in [1.807, 2.05) is 0 Å². The quantitative estimate of drug-likeness (QED) is 0.542. The first-order valence-corrected chi connectivity index (χ1v) is 7.61. The maximum atomic E-state index is 13.8. The van der Waals surface area contributed by atoms with Crippen LogP contribution in [0, 0.1) is 5.82 Å². The molecule has 0 saturated carbocycles. The normalized spacial score (nSPS) is 10.8. The Labute approximate surface area is 143 Å². The maximum absolute atomic E-state index is 13.8. The molecule has 0 aliphatic heterocycles. The van der Waals surface area contributed by atoms with E-state index in [4.69, 9.17) is 9.15 Å². The number of phenols is 1. The Kier molecular flexibility index (Phi) is 4.35. The van der Waals surface area contributed by atoms with Gasteiger partial charge in [-0.3, -0.25) is 0 Å². The van der Waals surface area contributed by atoms with Crippen molar-refractivity contribution >= 4 is 32.9 Å². The average Bonchev–Trinajstić information content (AvgIpc) is 2.51. The Balaban J connectivity index is 1.88. The van der Waals surface area contributed by atoms with Gasteiger partial charge in [0.15, 0.2) is 0 Å². The van der Waals surface area contributed by atoms with Gasteiger partial charge in [0.05, 0.1) is 5.56 Å². The summed E-state index contributed by atoms with van der Waals surface area (Å²) in [5, 5.41) is 9.95. The van der Waals surface area contributed by atoms with Crippen molar-refractivity contribution in [2.45, 2.75) is 6.61 Å². The highest BCUT2D eigenvalue weighted by Crippen LogP contribution is 2.23. The zero-order chi connectivity index (χ0) is 17.3. The maximum Gasteiger partial charge on any atom is 0.341 e. The van der Waals surface area contributed by atoms with Gasteiger partial charge in [-0.15, -0.1) is 0 Å². The van der Waals surface area contributed by atoms with Gasteiger partial charge in [0.25, 0.3) is 0 Å². The third kappa shape index (κ3) is 3.30. The largest absolute Gasteiger partial charge is 0.508 e. The van der Waals surface area contributed by atoms with Crippen LogP contribution in [0.4, 0.5) is 4.39 Å². The molecule has 0 radical (unpaired) electrons. The minimum atomic E-state index is -0.847. The molecule has 1 aromatic heterocycles. The summed E-state index contributed by atoms with van der Waals surface area (Å²) in [6, 6.07) is 9.41. The van der Waals surface area contributed by atoms with Gasteiger partial charge in [0, 0.05) is 27.6 Å². The van der Waals surface area contributed by atoms with E-state index in [1.54, 1.807) is 0 Å². The van der Waals surface area contributed by atoms with Crippen LogP contribution in [0.15, 0.2) is 56.1 Å². The molecule has 0 saturated heterocycles. The lowest BCUT2D eigenvalue weighted by molar-refractivity contribution is 0.0468. The van der Waals surface area contributed by atoms with Gasteiger partial charge >= 0.3 is 11.6 Å². The molecule has 0 aliphatic carbocycles. The Morgan fingerprint density at radius 2 is 2.00 bits per heavy atom. The zero-order valence-corrected chi connectivity index (χ0v) is 13.7. The molecule has 5 nitrogen and oxygen atoms in total. The van der Waals surface area contributed by atoms with Crippen molar-refractivity contribution in [2.75, 3.05) is 0 Å². The number of ether oxygens (including phenoxy) is 1. The Morgan fingerprint density at radius 3 is 2.75 bits per heavy atom. The van der Waals surface area contributed by atoms with Crippen LogP contribution in [-0.2, 0) is 11.3 Å². The fraction of sp³-hybridized carbons (Fsp3) is 0.0588. The predicted octanol–water partition coefficient (Wildman–Crippen LogP) is 3.76. The molecule has 0 unspecified atom stereocenters. The molecule has 0 spiro atoms. The standard InChI is InChI=1S/C17H10BrFO5/c18-10-1-3-13(14(19)6-10)17(22)23-8-9-5-16(21)24-15-7-11(20)2-4-12(9)15/h1-7,20H,8H2. The molecular weight excluding hydrogens is 383 g/mol. The molecule has 1 heterocycles. The van der Waals surface area contributed by atoms with Gasteiger partial charge < -0.3 is 14.3 Å². The van der Waals surface area contributed by atoms with Crippen LogP contribution in [0.2, 0.25) is 0 Å².